The van der Waals surface area contributed by atoms with E-state index in [9.17, 15) is 9.59 Å². The van der Waals surface area contributed by atoms with Crippen molar-refractivity contribution in [1.82, 2.24) is 0 Å². The first-order valence-corrected chi connectivity index (χ1v) is 7.50. The van der Waals surface area contributed by atoms with Gasteiger partial charge in [-0.05, 0) is 24.6 Å². The van der Waals surface area contributed by atoms with Gasteiger partial charge in [0.25, 0.3) is 0 Å². The van der Waals surface area contributed by atoms with E-state index in [1.54, 1.807) is 18.2 Å². The molecule has 0 aromatic heterocycles. The van der Waals surface area contributed by atoms with E-state index in [0.717, 1.165) is 12.8 Å². The minimum atomic E-state index is -0.679. The van der Waals surface area contributed by atoms with E-state index in [1.165, 1.54) is 18.9 Å². The summed E-state index contributed by atoms with van der Waals surface area (Å²) in [7, 11) is 1.31. The van der Waals surface area contributed by atoms with Gasteiger partial charge >= 0.3 is 5.97 Å². The van der Waals surface area contributed by atoms with E-state index < -0.39 is 12.0 Å². The first kappa shape index (κ1) is 17.8. The Morgan fingerprint density at radius 1 is 1.24 bits per heavy atom. The third-order valence-corrected chi connectivity index (χ3v) is 3.52. The molecule has 0 radical (unpaired) electrons. The number of methoxy groups -OCH3 is 1. The van der Waals surface area contributed by atoms with Crippen molar-refractivity contribution >= 4 is 40.8 Å². The average Bonchev–Trinajstić information content (AvgIpc) is 2.40. The number of hydrogen-bond donors (Lipinski definition) is 0. The molecule has 0 bridgehead atoms. The molecular weight excluding hydrogens is 313 g/mol. The second-order valence-electron chi connectivity index (χ2n) is 4.70. The van der Waals surface area contributed by atoms with Crippen LogP contribution in [0.2, 0.25) is 10.0 Å². The van der Waals surface area contributed by atoms with Gasteiger partial charge in [0.1, 0.15) is 6.04 Å². The second-order valence-corrected chi connectivity index (χ2v) is 5.57. The Hall–Kier alpha value is -1.26. The van der Waals surface area contributed by atoms with Gasteiger partial charge in [0.15, 0.2) is 0 Å². The summed E-state index contributed by atoms with van der Waals surface area (Å²) in [6, 6.07) is 4.11. The number of halogens is 2. The lowest BCUT2D eigenvalue weighted by atomic mass is 10.1. The molecule has 0 aliphatic heterocycles. The molecule has 0 N–H and O–H groups in total. The van der Waals surface area contributed by atoms with Gasteiger partial charge in [0, 0.05) is 22.7 Å². The molecule has 1 atom stereocenters. The standard InChI is InChI=1S/C15H19Cl2NO3/c1-4-5-6-14(15(20)21-3)18(10(2)19)13-8-11(16)7-12(17)9-13/h7-9,14H,4-6H2,1-3H3. The van der Waals surface area contributed by atoms with E-state index in [1.807, 2.05) is 6.92 Å². The van der Waals surface area contributed by atoms with Crippen LogP contribution in [0.3, 0.4) is 0 Å². The van der Waals surface area contributed by atoms with Gasteiger partial charge in [0.2, 0.25) is 5.91 Å². The van der Waals surface area contributed by atoms with Crippen molar-refractivity contribution in [2.24, 2.45) is 0 Å². The smallest absolute Gasteiger partial charge is 0.328 e. The van der Waals surface area contributed by atoms with Crippen molar-refractivity contribution < 1.29 is 14.3 Å². The van der Waals surface area contributed by atoms with Crippen LogP contribution < -0.4 is 4.90 Å². The predicted octanol–water partition coefficient (Wildman–Crippen LogP) is 4.08. The third-order valence-electron chi connectivity index (χ3n) is 3.08. The first-order chi connectivity index (χ1) is 9.90. The van der Waals surface area contributed by atoms with Gasteiger partial charge in [-0.3, -0.25) is 9.69 Å². The molecule has 1 aromatic rings. The first-order valence-electron chi connectivity index (χ1n) is 6.74. The molecule has 0 spiro atoms. The number of anilines is 1. The van der Waals surface area contributed by atoms with Crippen LogP contribution >= 0.6 is 23.2 Å². The summed E-state index contributed by atoms with van der Waals surface area (Å²) in [6.07, 6.45) is 2.24. The fourth-order valence-electron chi connectivity index (χ4n) is 2.15. The monoisotopic (exact) mass is 331 g/mol. The molecule has 116 valence electrons. The number of unbranched alkanes of at least 4 members (excludes halogenated alkanes) is 1. The van der Waals surface area contributed by atoms with E-state index in [-0.39, 0.29) is 5.91 Å². The molecular formula is C15H19Cl2NO3. The number of amides is 1. The Balaban J connectivity index is 3.23. The normalized spacial score (nSPS) is 11.9. The van der Waals surface area contributed by atoms with Gasteiger partial charge in [-0.2, -0.15) is 0 Å². The molecule has 0 aliphatic carbocycles. The molecule has 1 unspecified atom stereocenters. The van der Waals surface area contributed by atoms with Crippen molar-refractivity contribution in [2.75, 3.05) is 12.0 Å². The predicted molar refractivity (Wildman–Crippen MR) is 85.0 cm³/mol. The number of hydrogen-bond acceptors (Lipinski definition) is 3. The van der Waals surface area contributed by atoms with Gasteiger partial charge in [0.05, 0.1) is 7.11 Å². The maximum absolute atomic E-state index is 12.0. The molecule has 21 heavy (non-hydrogen) atoms. The van der Waals surface area contributed by atoms with E-state index in [2.05, 4.69) is 0 Å². The zero-order valence-electron chi connectivity index (χ0n) is 12.4. The van der Waals surface area contributed by atoms with E-state index >= 15 is 0 Å². The van der Waals surface area contributed by atoms with Crippen LogP contribution in [0.4, 0.5) is 5.69 Å². The number of benzene rings is 1. The number of ether oxygens (including phenoxy) is 1. The number of esters is 1. The Labute approximate surface area is 135 Å². The van der Waals surface area contributed by atoms with Crippen LogP contribution in [0.5, 0.6) is 0 Å². The summed E-state index contributed by atoms with van der Waals surface area (Å²) >= 11 is 12.0. The Morgan fingerprint density at radius 3 is 2.24 bits per heavy atom. The minimum Gasteiger partial charge on any atom is -0.467 e. The maximum Gasteiger partial charge on any atom is 0.328 e. The highest BCUT2D eigenvalue weighted by Gasteiger charge is 2.30. The van der Waals surface area contributed by atoms with Gasteiger partial charge < -0.3 is 4.74 Å². The van der Waals surface area contributed by atoms with Gasteiger partial charge in [-0.1, -0.05) is 43.0 Å². The third kappa shape index (κ3) is 4.90. The lowest BCUT2D eigenvalue weighted by Crippen LogP contribution is -2.45. The summed E-state index contributed by atoms with van der Waals surface area (Å²) < 4.78 is 4.82. The number of rotatable bonds is 6. The molecule has 1 amide bonds. The Morgan fingerprint density at radius 2 is 1.81 bits per heavy atom. The van der Waals surface area contributed by atoms with Gasteiger partial charge in [-0.15, -0.1) is 0 Å². The summed E-state index contributed by atoms with van der Waals surface area (Å²) in [4.78, 5) is 25.4. The highest BCUT2D eigenvalue weighted by atomic mass is 35.5. The molecule has 0 saturated carbocycles. The van der Waals surface area contributed by atoms with Crippen molar-refractivity contribution in [3.8, 4) is 0 Å². The molecule has 1 aromatic carbocycles. The molecule has 0 fully saturated rings. The fourth-order valence-corrected chi connectivity index (χ4v) is 2.66. The van der Waals surface area contributed by atoms with E-state index in [0.29, 0.717) is 22.2 Å². The quantitative estimate of drug-likeness (QED) is 0.738. The zero-order valence-corrected chi connectivity index (χ0v) is 13.9. The van der Waals surface area contributed by atoms with Crippen LogP contribution in [-0.2, 0) is 14.3 Å². The minimum absolute atomic E-state index is 0.264. The molecule has 1 rings (SSSR count). The van der Waals surface area contributed by atoms with Crippen LogP contribution in [-0.4, -0.2) is 25.0 Å². The van der Waals surface area contributed by atoms with Crippen molar-refractivity contribution in [2.45, 2.75) is 39.2 Å². The molecule has 4 nitrogen and oxygen atoms in total. The zero-order chi connectivity index (χ0) is 16.0. The summed E-state index contributed by atoms with van der Waals surface area (Å²) in [5.41, 5.74) is 0.492. The van der Waals surface area contributed by atoms with Crippen molar-refractivity contribution in [3.05, 3.63) is 28.2 Å². The fraction of sp³-hybridized carbons (Fsp3) is 0.467. The molecule has 0 aliphatic rings. The highest BCUT2D eigenvalue weighted by Crippen LogP contribution is 2.28. The number of carbonyl (C=O) groups excluding carboxylic acids is 2. The second kappa shape index (κ2) is 8.25. The highest BCUT2D eigenvalue weighted by molar-refractivity contribution is 6.35. The topological polar surface area (TPSA) is 46.6 Å². The summed E-state index contributed by atoms with van der Waals surface area (Å²) in [5, 5.41) is 0.811. The van der Waals surface area contributed by atoms with Crippen LogP contribution in [0.1, 0.15) is 33.1 Å². The SMILES string of the molecule is CCCCC(C(=O)OC)N(C(C)=O)c1cc(Cl)cc(Cl)c1. The average molecular weight is 332 g/mol. The van der Waals surface area contributed by atoms with Crippen molar-refractivity contribution in [3.63, 3.8) is 0 Å². The molecule has 6 heteroatoms. The van der Waals surface area contributed by atoms with E-state index in [4.69, 9.17) is 27.9 Å². The van der Waals surface area contributed by atoms with Crippen LogP contribution in [0.25, 0.3) is 0 Å². The number of nitrogens with zero attached hydrogens (tertiary/aromatic N) is 1. The lowest BCUT2D eigenvalue weighted by molar-refractivity contribution is -0.143. The van der Waals surface area contributed by atoms with Crippen LogP contribution in [0.15, 0.2) is 18.2 Å². The van der Waals surface area contributed by atoms with Crippen molar-refractivity contribution in [1.29, 1.82) is 0 Å². The van der Waals surface area contributed by atoms with Gasteiger partial charge in [-0.25, -0.2) is 4.79 Å². The molecule has 0 saturated heterocycles. The Kier molecular flexibility index (Phi) is 6.99. The summed E-state index contributed by atoms with van der Waals surface area (Å²) in [5.74, 6) is -0.713. The lowest BCUT2D eigenvalue weighted by Gasteiger charge is -2.29. The number of carbonyl (C=O) groups is 2. The summed E-state index contributed by atoms with van der Waals surface area (Å²) in [6.45, 7) is 3.42. The largest absolute Gasteiger partial charge is 0.467 e. The van der Waals surface area contributed by atoms with Crippen LogP contribution in [0, 0.1) is 0 Å². The Bertz CT molecular complexity index is 499. The maximum atomic E-state index is 12.0. The molecule has 0 heterocycles.